The number of piperazine rings is 1. The van der Waals surface area contributed by atoms with Crippen LogP contribution in [0.5, 0.6) is 0 Å². The Morgan fingerprint density at radius 2 is 1.57 bits per heavy atom. The maximum atomic E-state index is 13.7. The predicted molar refractivity (Wildman–Crippen MR) is 105 cm³/mol. The van der Waals surface area contributed by atoms with Crippen molar-refractivity contribution in [2.24, 2.45) is 0 Å². The molecule has 2 aromatic heterocycles. The maximum absolute atomic E-state index is 13.7. The average molecular weight is 378 g/mol. The fourth-order valence-corrected chi connectivity index (χ4v) is 3.07. The Morgan fingerprint density at radius 3 is 2.25 bits per heavy atom. The third-order valence-electron chi connectivity index (χ3n) is 4.55. The Balaban J connectivity index is 1.36. The summed E-state index contributed by atoms with van der Waals surface area (Å²) in [6, 6.07) is 11.7. The molecule has 0 spiro atoms. The van der Waals surface area contributed by atoms with Crippen LogP contribution < -0.4 is 15.1 Å². The Hall–Kier alpha value is -3.55. The molecule has 4 rings (SSSR count). The molecule has 0 aliphatic carbocycles. The van der Waals surface area contributed by atoms with E-state index >= 15 is 0 Å². The molecule has 3 aromatic rings. The summed E-state index contributed by atoms with van der Waals surface area (Å²) in [5.41, 5.74) is 0.404. The fraction of sp³-hybridized carbons (Fsp3) is 0.200. The van der Waals surface area contributed by atoms with Crippen LogP contribution in [0.3, 0.4) is 0 Å². The van der Waals surface area contributed by atoms with Gasteiger partial charge in [0.1, 0.15) is 11.6 Å². The lowest BCUT2D eigenvalue weighted by Crippen LogP contribution is -2.47. The number of halogens is 1. The Labute approximate surface area is 161 Å². The van der Waals surface area contributed by atoms with Crippen molar-refractivity contribution in [3.8, 4) is 0 Å². The molecule has 0 bridgehead atoms. The summed E-state index contributed by atoms with van der Waals surface area (Å²) in [5.74, 6) is 0.473. The van der Waals surface area contributed by atoms with Crippen molar-refractivity contribution in [1.29, 1.82) is 0 Å². The van der Waals surface area contributed by atoms with Gasteiger partial charge in [0.15, 0.2) is 0 Å². The number of carbonyl (C=O) groups excluding carboxylic acids is 1. The molecule has 28 heavy (non-hydrogen) atoms. The number of anilines is 3. The first-order valence-corrected chi connectivity index (χ1v) is 8.99. The van der Waals surface area contributed by atoms with Crippen molar-refractivity contribution >= 4 is 23.4 Å². The van der Waals surface area contributed by atoms with Gasteiger partial charge in [0, 0.05) is 32.4 Å². The van der Waals surface area contributed by atoms with Crippen LogP contribution in [0.1, 0.15) is 10.4 Å². The third-order valence-corrected chi connectivity index (χ3v) is 4.55. The Bertz CT molecular complexity index is 942. The van der Waals surface area contributed by atoms with Crippen LogP contribution in [0, 0.1) is 5.82 Å². The zero-order valence-corrected chi connectivity index (χ0v) is 15.1. The third kappa shape index (κ3) is 3.90. The van der Waals surface area contributed by atoms with Crippen molar-refractivity contribution < 1.29 is 9.18 Å². The molecule has 0 saturated carbocycles. The molecular formula is C20H19FN6O. The van der Waals surface area contributed by atoms with Gasteiger partial charge in [-0.05, 0) is 24.3 Å². The van der Waals surface area contributed by atoms with Gasteiger partial charge in [-0.1, -0.05) is 18.2 Å². The van der Waals surface area contributed by atoms with Crippen molar-refractivity contribution in [3.05, 3.63) is 72.4 Å². The van der Waals surface area contributed by atoms with E-state index in [1.54, 1.807) is 12.3 Å². The van der Waals surface area contributed by atoms with Gasteiger partial charge in [0.05, 0.1) is 23.6 Å². The van der Waals surface area contributed by atoms with Gasteiger partial charge < -0.3 is 15.1 Å². The molecule has 3 heterocycles. The van der Waals surface area contributed by atoms with Gasteiger partial charge in [-0.25, -0.2) is 19.3 Å². The molecule has 142 valence electrons. The van der Waals surface area contributed by atoms with Gasteiger partial charge in [0.25, 0.3) is 5.91 Å². The Kier molecular flexibility index (Phi) is 5.09. The van der Waals surface area contributed by atoms with Gasteiger partial charge in [-0.15, -0.1) is 0 Å². The lowest BCUT2D eigenvalue weighted by molar-refractivity contribution is 0.102. The van der Waals surface area contributed by atoms with Crippen molar-refractivity contribution in [2.75, 3.05) is 41.3 Å². The molecule has 0 unspecified atom stereocenters. The molecule has 1 aliphatic heterocycles. The summed E-state index contributed by atoms with van der Waals surface area (Å²) in [5, 5.41) is 2.62. The number of pyridine rings is 1. The molecule has 1 amide bonds. The number of hydrogen-bond donors (Lipinski definition) is 1. The highest BCUT2D eigenvalue weighted by Crippen LogP contribution is 2.17. The van der Waals surface area contributed by atoms with Crippen LogP contribution in [0.4, 0.5) is 21.8 Å². The zero-order valence-electron chi connectivity index (χ0n) is 15.1. The number of carbonyl (C=O) groups is 1. The second-order valence-electron chi connectivity index (χ2n) is 6.37. The predicted octanol–water partition coefficient (Wildman–Crippen LogP) is 2.59. The number of benzene rings is 1. The minimum atomic E-state index is -0.566. The number of hydrogen-bond acceptors (Lipinski definition) is 6. The van der Waals surface area contributed by atoms with E-state index in [2.05, 4.69) is 30.1 Å². The van der Waals surface area contributed by atoms with E-state index < -0.39 is 11.7 Å². The van der Waals surface area contributed by atoms with Crippen LogP contribution in [0.15, 0.2) is 61.1 Å². The van der Waals surface area contributed by atoms with Crippen LogP contribution in [0.2, 0.25) is 0 Å². The molecule has 1 aliphatic rings. The Morgan fingerprint density at radius 1 is 0.893 bits per heavy atom. The number of nitrogens with zero attached hydrogens (tertiary/aromatic N) is 5. The smallest absolute Gasteiger partial charge is 0.258 e. The molecule has 8 heteroatoms. The first-order chi connectivity index (χ1) is 13.7. The van der Waals surface area contributed by atoms with Crippen molar-refractivity contribution in [2.45, 2.75) is 0 Å². The highest BCUT2D eigenvalue weighted by Gasteiger charge is 2.20. The van der Waals surface area contributed by atoms with E-state index in [0.29, 0.717) is 11.6 Å². The number of amides is 1. The summed E-state index contributed by atoms with van der Waals surface area (Å²) in [6.45, 7) is 3.20. The minimum Gasteiger partial charge on any atom is -0.353 e. The van der Waals surface area contributed by atoms with Crippen molar-refractivity contribution in [1.82, 2.24) is 15.0 Å². The topological polar surface area (TPSA) is 74.2 Å². The molecule has 7 nitrogen and oxygen atoms in total. The van der Waals surface area contributed by atoms with E-state index in [9.17, 15) is 9.18 Å². The van der Waals surface area contributed by atoms with Crippen LogP contribution >= 0.6 is 0 Å². The first kappa shape index (κ1) is 17.8. The van der Waals surface area contributed by atoms with Crippen LogP contribution in [-0.4, -0.2) is 47.0 Å². The highest BCUT2D eigenvalue weighted by atomic mass is 19.1. The van der Waals surface area contributed by atoms with Gasteiger partial charge in [-0.3, -0.25) is 4.79 Å². The largest absolute Gasteiger partial charge is 0.353 e. The molecule has 1 saturated heterocycles. The quantitative estimate of drug-likeness (QED) is 0.752. The summed E-state index contributed by atoms with van der Waals surface area (Å²) < 4.78 is 13.7. The summed E-state index contributed by atoms with van der Waals surface area (Å²) in [6.07, 6.45) is 4.86. The standard InChI is InChI=1S/C20H19FN6O/c21-17-6-2-1-5-16(17)19(28)25-15-13-23-20(24-14-15)27-11-9-26(10-12-27)18-7-3-4-8-22-18/h1-8,13-14H,9-12H2,(H,25,28). The number of aromatic nitrogens is 3. The number of rotatable bonds is 4. The van der Waals surface area contributed by atoms with E-state index in [0.717, 1.165) is 32.0 Å². The second-order valence-corrected chi connectivity index (χ2v) is 6.37. The minimum absolute atomic E-state index is 0.0165. The van der Waals surface area contributed by atoms with Gasteiger partial charge in [0.2, 0.25) is 5.95 Å². The molecule has 1 aromatic carbocycles. The summed E-state index contributed by atoms with van der Waals surface area (Å²) in [4.78, 5) is 29.5. The van der Waals surface area contributed by atoms with Crippen LogP contribution in [0.25, 0.3) is 0 Å². The molecule has 0 atom stereocenters. The van der Waals surface area contributed by atoms with Gasteiger partial charge in [-0.2, -0.15) is 0 Å². The number of nitrogens with one attached hydrogen (secondary N) is 1. The second kappa shape index (κ2) is 7.99. The monoisotopic (exact) mass is 378 g/mol. The fourth-order valence-electron chi connectivity index (χ4n) is 3.07. The zero-order chi connectivity index (χ0) is 19.3. The molecular weight excluding hydrogens is 359 g/mol. The molecule has 1 fully saturated rings. The van der Waals surface area contributed by atoms with Crippen molar-refractivity contribution in [3.63, 3.8) is 0 Å². The first-order valence-electron chi connectivity index (χ1n) is 8.99. The molecule has 0 radical (unpaired) electrons. The van der Waals surface area contributed by atoms with E-state index in [1.165, 1.54) is 30.6 Å². The maximum Gasteiger partial charge on any atom is 0.258 e. The van der Waals surface area contributed by atoms with E-state index in [4.69, 9.17) is 0 Å². The average Bonchev–Trinajstić information content (AvgIpc) is 2.75. The summed E-state index contributed by atoms with van der Waals surface area (Å²) in [7, 11) is 0. The van der Waals surface area contributed by atoms with Crippen LogP contribution in [-0.2, 0) is 0 Å². The normalized spacial score (nSPS) is 14.0. The molecule has 1 N–H and O–H groups in total. The van der Waals surface area contributed by atoms with E-state index in [1.807, 2.05) is 18.2 Å². The highest BCUT2D eigenvalue weighted by molar-refractivity contribution is 6.04. The lowest BCUT2D eigenvalue weighted by atomic mass is 10.2. The summed E-state index contributed by atoms with van der Waals surface area (Å²) >= 11 is 0. The lowest BCUT2D eigenvalue weighted by Gasteiger charge is -2.35. The SMILES string of the molecule is O=C(Nc1cnc(N2CCN(c3ccccn3)CC2)nc1)c1ccccc1F. The van der Waals surface area contributed by atoms with E-state index in [-0.39, 0.29) is 5.56 Å². The van der Waals surface area contributed by atoms with Gasteiger partial charge >= 0.3 is 0 Å².